The van der Waals surface area contributed by atoms with Gasteiger partial charge in [-0.2, -0.15) is 0 Å². The maximum Gasteiger partial charge on any atom is 0.309 e. The van der Waals surface area contributed by atoms with Gasteiger partial charge in [0, 0.05) is 4.47 Å². The summed E-state index contributed by atoms with van der Waals surface area (Å²) in [6, 6.07) is 6.97. The largest absolute Gasteiger partial charge is 0.484 e. The molecule has 0 spiro atoms. The summed E-state index contributed by atoms with van der Waals surface area (Å²) in [6.07, 6.45) is 0.796. The van der Waals surface area contributed by atoms with Crippen molar-refractivity contribution < 1.29 is 23.9 Å². The molecular weight excluding hydrogens is 368 g/mol. The van der Waals surface area contributed by atoms with E-state index in [1.54, 1.807) is 24.3 Å². The third kappa shape index (κ3) is 5.90. The summed E-state index contributed by atoms with van der Waals surface area (Å²) in [5, 5.41) is 0. The fraction of sp³-hybridized carbons (Fsp3) is 0.400. The summed E-state index contributed by atoms with van der Waals surface area (Å²) < 4.78 is 11.0. The first kappa shape index (κ1) is 17.3. The van der Waals surface area contributed by atoms with Crippen LogP contribution in [0.5, 0.6) is 5.75 Å². The number of hydrazine groups is 1. The first-order valence-electron chi connectivity index (χ1n) is 7.08. The molecule has 23 heavy (non-hydrogen) atoms. The smallest absolute Gasteiger partial charge is 0.309 e. The zero-order chi connectivity index (χ0) is 16.8. The standard InChI is InChI=1S/C15H17BrN2O5/c1-9-6-12(9)15(21)23-8-14(20)18-17-13(19)7-22-11-4-2-10(16)3-5-11/h2-5,9,12H,6-8H2,1H3,(H,17,19)(H,18,20)/t9-,12-/m1/s1. The number of nitrogens with one attached hydrogen (secondary N) is 2. The monoisotopic (exact) mass is 384 g/mol. The van der Waals surface area contributed by atoms with E-state index in [0.717, 1.165) is 10.9 Å². The van der Waals surface area contributed by atoms with Crippen LogP contribution in [-0.2, 0) is 19.1 Å². The number of hydrogen-bond acceptors (Lipinski definition) is 5. The lowest BCUT2D eigenvalue weighted by atomic mass is 10.3. The minimum absolute atomic E-state index is 0.100. The first-order valence-corrected chi connectivity index (χ1v) is 7.87. The molecule has 0 aromatic heterocycles. The Hall–Kier alpha value is -2.09. The van der Waals surface area contributed by atoms with Gasteiger partial charge in [0.1, 0.15) is 5.75 Å². The molecule has 1 saturated carbocycles. The van der Waals surface area contributed by atoms with Crippen LogP contribution in [0.15, 0.2) is 28.7 Å². The van der Waals surface area contributed by atoms with Crippen LogP contribution in [0, 0.1) is 11.8 Å². The van der Waals surface area contributed by atoms with Crippen molar-refractivity contribution in [3.8, 4) is 5.75 Å². The van der Waals surface area contributed by atoms with Gasteiger partial charge in [-0.05, 0) is 36.6 Å². The number of ether oxygens (including phenoxy) is 2. The van der Waals surface area contributed by atoms with Crippen molar-refractivity contribution in [1.82, 2.24) is 10.9 Å². The zero-order valence-electron chi connectivity index (χ0n) is 12.5. The number of hydrogen-bond donors (Lipinski definition) is 2. The lowest BCUT2D eigenvalue weighted by Crippen LogP contribution is -2.45. The summed E-state index contributed by atoms with van der Waals surface area (Å²) in [6.45, 7) is 1.27. The highest BCUT2D eigenvalue weighted by atomic mass is 79.9. The number of rotatable bonds is 6. The van der Waals surface area contributed by atoms with Gasteiger partial charge >= 0.3 is 5.97 Å². The fourth-order valence-corrected chi connectivity index (χ4v) is 2.05. The molecule has 0 radical (unpaired) electrons. The van der Waals surface area contributed by atoms with Crippen molar-refractivity contribution in [2.24, 2.45) is 11.8 Å². The van der Waals surface area contributed by atoms with Gasteiger partial charge in [0.25, 0.3) is 11.8 Å². The Kier molecular flexibility index (Phi) is 5.97. The molecule has 7 nitrogen and oxygen atoms in total. The SMILES string of the molecule is C[C@@H]1C[C@H]1C(=O)OCC(=O)NNC(=O)COc1ccc(Br)cc1. The number of carbonyl (C=O) groups is 3. The fourth-order valence-electron chi connectivity index (χ4n) is 1.79. The average molecular weight is 385 g/mol. The van der Waals surface area contributed by atoms with E-state index >= 15 is 0 Å². The van der Waals surface area contributed by atoms with Crippen LogP contribution in [0.3, 0.4) is 0 Å². The number of carbonyl (C=O) groups excluding carboxylic acids is 3. The zero-order valence-corrected chi connectivity index (χ0v) is 14.1. The second kappa shape index (κ2) is 7.96. The molecule has 0 unspecified atom stereocenters. The minimum Gasteiger partial charge on any atom is -0.484 e. The third-order valence-corrected chi connectivity index (χ3v) is 3.81. The summed E-state index contributed by atoms with van der Waals surface area (Å²) in [7, 11) is 0. The average Bonchev–Trinajstić information content (AvgIpc) is 3.27. The second-order valence-corrected chi connectivity index (χ2v) is 6.18. The Bertz CT molecular complexity index is 590. The van der Waals surface area contributed by atoms with Gasteiger partial charge in [-0.25, -0.2) is 0 Å². The summed E-state index contributed by atoms with van der Waals surface area (Å²) in [5.74, 6) is -0.760. The summed E-state index contributed by atoms with van der Waals surface area (Å²) in [5.41, 5.74) is 4.33. The van der Waals surface area contributed by atoms with Crippen molar-refractivity contribution in [3.05, 3.63) is 28.7 Å². The molecule has 0 heterocycles. The van der Waals surface area contributed by atoms with Crippen molar-refractivity contribution in [2.75, 3.05) is 13.2 Å². The lowest BCUT2D eigenvalue weighted by Gasteiger charge is -2.09. The Morgan fingerprint density at radius 3 is 2.26 bits per heavy atom. The molecule has 0 saturated heterocycles. The Balaban J connectivity index is 1.59. The predicted molar refractivity (Wildman–Crippen MR) is 84.2 cm³/mol. The van der Waals surface area contributed by atoms with Crippen LogP contribution in [0.25, 0.3) is 0 Å². The topological polar surface area (TPSA) is 93.7 Å². The van der Waals surface area contributed by atoms with E-state index in [-0.39, 0.29) is 18.5 Å². The molecule has 8 heteroatoms. The quantitative estimate of drug-likeness (QED) is 0.567. The lowest BCUT2D eigenvalue weighted by molar-refractivity contribution is -0.150. The summed E-state index contributed by atoms with van der Waals surface area (Å²) >= 11 is 3.29. The predicted octanol–water partition coefficient (Wildman–Crippen LogP) is 1.17. The Morgan fingerprint density at radius 2 is 1.70 bits per heavy atom. The molecule has 2 atom stereocenters. The van der Waals surface area contributed by atoms with Crippen molar-refractivity contribution in [2.45, 2.75) is 13.3 Å². The van der Waals surface area contributed by atoms with E-state index in [1.165, 1.54) is 0 Å². The van der Waals surface area contributed by atoms with Gasteiger partial charge in [0.2, 0.25) is 0 Å². The molecule has 2 amide bonds. The van der Waals surface area contributed by atoms with Crippen LogP contribution in [0.2, 0.25) is 0 Å². The Morgan fingerprint density at radius 1 is 1.13 bits per heavy atom. The molecule has 0 aliphatic heterocycles. The van der Waals surface area contributed by atoms with E-state index in [4.69, 9.17) is 9.47 Å². The highest BCUT2D eigenvalue weighted by Gasteiger charge is 2.40. The van der Waals surface area contributed by atoms with Crippen LogP contribution >= 0.6 is 15.9 Å². The van der Waals surface area contributed by atoms with Crippen molar-refractivity contribution in [1.29, 1.82) is 0 Å². The molecule has 1 aromatic rings. The van der Waals surface area contributed by atoms with Gasteiger partial charge in [0.05, 0.1) is 5.92 Å². The molecular formula is C15H17BrN2O5. The second-order valence-electron chi connectivity index (χ2n) is 5.27. The Labute approximate surface area is 141 Å². The van der Waals surface area contributed by atoms with E-state index in [2.05, 4.69) is 26.8 Å². The van der Waals surface area contributed by atoms with Crippen molar-refractivity contribution in [3.63, 3.8) is 0 Å². The number of halogens is 1. The van der Waals surface area contributed by atoms with Gasteiger partial charge < -0.3 is 9.47 Å². The van der Waals surface area contributed by atoms with Gasteiger partial charge in [-0.3, -0.25) is 25.2 Å². The summed E-state index contributed by atoms with van der Waals surface area (Å²) in [4.78, 5) is 34.4. The van der Waals surface area contributed by atoms with E-state index in [0.29, 0.717) is 11.7 Å². The number of esters is 1. The maximum atomic E-state index is 11.5. The molecule has 2 rings (SSSR count). The molecule has 1 aliphatic rings. The van der Waals surface area contributed by atoms with Gasteiger partial charge in [-0.1, -0.05) is 22.9 Å². The van der Waals surface area contributed by atoms with Crippen LogP contribution < -0.4 is 15.6 Å². The third-order valence-electron chi connectivity index (χ3n) is 3.28. The van der Waals surface area contributed by atoms with Crippen LogP contribution in [0.1, 0.15) is 13.3 Å². The highest BCUT2D eigenvalue weighted by molar-refractivity contribution is 9.10. The van der Waals surface area contributed by atoms with Gasteiger partial charge in [0.15, 0.2) is 13.2 Å². The first-order chi connectivity index (χ1) is 11.0. The van der Waals surface area contributed by atoms with Crippen LogP contribution in [-0.4, -0.2) is 31.0 Å². The molecule has 0 bridgehead atoms. The molecule has 2 N–H and O–H groups in total. The van der Waals surface area contributed by atoms with Crippen molar-refractivity contribution >= 4 is 33.7 Å². The van der Waals surface area contributed by atoms with E-state index in [9.17, 15) is 14.4 Å². The molecule has 124 valence electrons. The molecule has 1 fully saturated rings. The maximum absolute atomic E-state index is 11.5. The van der Waals surface area contributed by atoms with E-state index in [1.807, 2.05) is 6.92 Å². The minimum atomic E-state index is -0.608. The molecule has 1 aromatic carbocycles. The number of amides is 2. The highest BCUT2D eigenvalue weighted by Crippen LogP contribution is 2.38. The number of benzene rings is 1. The van der Waals surface area contributed by atoms with E-state index < -0.39 is 18.4 Å². The van der Waals surface area contributed by atoms with Gasteiger partial charge in [-0.15, -0.1) is 0 Å². The van der Waals surface area contributed by atoms with Crippen LogP contribution in [0.4, 0.5) is 0 Å². The molecule has 1 aliphatic carbocycles. The normalized spacial score (nSPS) is 18.7.